The van der Waals surface area contributed by atoms with E-state index in [9.17, 15) is 9.18 Å². The van der Waals surface area contributed by atoms with Crippen LogP contribution in [0.3, 0.4) is 0 Å². The van der Waals surface area contributed by atoms with Crippen LogP contribution in [0.25, 0.3) is 0 Å². The van der Waals surface area contributed by atoms with Crippen LogP contribution in [-0.2, 0) is 4.79 Å². The van der Waals surface area contributed by atoms with Crippen molar-refractivity contribution in [3.05, 3.63) is 0 Å². The van der Waals surface area contributed by atoms with Crippen molar-refractivity contribution in [1.82, 2.24) is 5.32 Å². The second-order valence-corrected chi connectivity index (χ2v) is 3.78. The molecule has 0 heterocycles. The van der Waals surface area contributed by atoms with Gasteiger partial charge < -0.3 is 5.32 Å². The maximum atomic E-state index is 13.3. The summed E-state index contributed by atoms with van der Waals surface area (Å²) in [5, 5.41) is 2.55. The Balaban J connectivity index is 4.34. The number of carbonyl (C=O) groups excluding carboxylic acids is 1. The van der Waals surface area contributed by atoms with E-state index in [4.69, 9.17) is 0 Å². The average molecular weight is 161 g/mol. The minimum Gasteiger partial charge on any atom is -0.348 e. The normalized spacial score (nSPS) is 12.9. The molecule has 0 aromatic rings. The number of alkyl halides is 1. The molecule has 1 amide bonds. The number of hydrogen-bond acceptors (Lipinski definition) is 1. The van der Waals surface area contributed by atoms with Gasteiger partial charge in [0, 0.05) is 6.92 Å². The third-order valence-corrected chi connectivity index (χ3v) is 1.97. The predicted octanol–water partition coefficient (Wildman–Crippen LogP) is 1.65. The van der Waals surface area contributed by atoms with Gasteiger partial charge in [0.2, 0.25) is 5.91 Å². The highest BCUT2D eigenvalue weighted by molar-refractivity contribution is 5.73. The van der Waals surface area contributed by atoms with Gasteiger partial charge in [-0.1, -0.05) is 0 Å². The topological polar surface area (TPSA) is 29.1 Å². The lowest BCUT2D eigenvalue weighted by Crippen LogP contribution is -2.54. The zero-order valence-electron chi connectivity index (χ0n) is 7.79. The molecular weight excluding hydrogens is 145 g/mol. The summed E-state index contributed by atoms with van der Waals surface area (Å²) in [6, 6.07) is 0. The number of amides is 1. The van der Waals surface area contributed by atoms with Gasteiger partial charge in [-0.25, -0.2) is 4.39 Å². The second kappa shape index (κ2) is 2.80. The molecule has 0 aliphatic carbocycles. The number of carbonyl (C=O) groups is 1. The fourth-order valence-electron chi connectivity index (χ4n) is 0.589. The zero-order chi connectivity index (χ0) is 9.28. The fourth-order valence-corrected chi connectivity index (χ4v) is 0.589. The van der Waals surface area contributed by atoms with Gasteiger partial charge >= 0.3 is 0 Å². The van der Waals surface area contributed by atoms with Crippen LogP contribution >= 0.6 is 0 Å². The molecule has 0 bridgehead atoms. The van der Waals surface area contributed by atoms with E-state index in [1.165, 1.54) is 20.8 Å². The summed E-state index contributed by atoms with van der Waals surface area (Å²) in [5.74, 6) is -0.208. The van der Waals surface area contributed by atoms with Crippen molar-refractivity contribution >= 4 is 5.91 Å². The van der Waals surface area contributed by atoms with Crippen LogP contribution in [0, 0.1) is 0 Å². The molecule has 0 atom stereocenters. The van der Waals surface area contributed by atoms with E-state index in [-0.39, 0.29) is 5.91 Å². The molecule has 3 heteroatoms. The van der Waals surface area contributed by atoms with Crippen molar-refractivity contribution in [2.75, 3.05) is 0 Å². The van der Waals surface area contributed by atoms with Gasteiger partial charge in [-0.2, -0.15) is 0 Å². The Morgan fingerprint density at radius 2 is 1.64 bits per heavy atom. The molecule has 2 nitrogen and oxygen atoms in total. The van der Waals surface area contributed by atoms with Crippen LogP contribution in [0.2, 0.25) is 0 Å². The monoisotopic (exact) mass is 161 g/mol. The maximum absolute atomic E-state index is 13.3. The maximum Gasteiger partial charge on any atom is 0.217 e. The van der Waals surface area contributed by atoms with E-state index in [1.54, 1.807) is 13.8 Å². The summed E-state index contributed by atoms with van der Waals surface area (Å²) in [4.78, 5) is 10.6. The van der Waals surface area contributed by atoms with Crippen LogP contribution in [0.4, 0.5) is 4.39 Å². The molecule has 0 unspecified atom stereocenters. The molecule has 0 fully saturated rings. The average Bonchev–Trinajstić information content (AvgIpc) is 1.56. The lowest BCUT2D eigenvalue weighted by atomic mass is 9.88. The van der Waals surface area contributed by atoms with Crippen LogP contribution in [0.1, 0.15) is 34.6 Å². The Hall–Kier alpha value is -0.600. The van der Waals surface area contributed by atoms with Crippen molar-refractivity contribution in [1.29, 1.82) is 0 Å². The molecule has 0 aliphatic heterocycles. The molecule has 66 valence electrons. The first kappa shape index (κ1) is 10.4. The van der Waals surface area contributed by atoms with Gasteiger partial charge in [0.1, 0.15) is 5.67 Å². The lowest BCUT2D eigenvalue weighted by molar-refractivity contribution is -0.122. The second-order valence-electron chi connectivity index (χ2n) is 3.78. The molecule has 0 aromatic carbocycles. The van der Waals surface area contributed by atoms with Crippen molar-refractivity contribution in [3.8, 4) is 0 Å². The van der Waals surface area contributed by atoms with E-state index in [2.05, 4.69) is 5.32 Å². The van der Waals surface area contributed by atoms with Crippen molar-refractivity contribution in [2.45, 2.75) is 45.8 Å². The number of rotatable bonds is 2. The van der Waals surface area contributed by atoms with Crippen molar-refractivity contribution < 1.29 is 9.18 Å². The summed E-state index contributed by atoms with van der Waals surface area (Å²) in [6.07, 6.45) is 0. The van der Waals surface area contributed by atoms with Gasteiger partial charge in [-0.3, -0.25) is 4.79 Å². The van der Waals surface area contributed by atoms with Gasteiger partial charge in [0.25, 0.3) is 0 Å². The van der Waals surface area contributed by atoms with Crippen molar-refractivity contribution in [2.24, 2.45) is 0 Å². The van der Waals surface area contributed by atoms with Crippen LogP contribution < -0.4 is 5.32 Å². The van der Waals surface area contributed by atoms with Crippen molar-refractivity contribution in [3.63, 3.8) is 0 Å². The van der Waals surface area contributed by atoms with E-state index >= 15 is 0 Å². The highest BCUT2D eigenvalue weighted by Crippen LogP contribution is 2.24. The molecule has 1 N–H and O–H groups in total. The summed E-state index contributed by atoms with van der Waals surface area (Å²) in [5.41, 5.74) is -2.21. The minimum atomic E-state index is -1.40. The molecular formula is C8H16FNO. The van der Waals surface area contributed by atoms with Gasteiger partial charge in [-0.15, -0.1) is 0 Å². The molecule has 0 aliphatic rings. The Bertz CT molecular complexity index is 158. The quantitative estimate of drug-likeness (QED) is 0.655. The Morgan fingerprint density at radius 1 is 1.27 bits per heavy atom. The van der Waals surface area contributed by atoms with E-state index in [0.29, 0.717) is 0 Å². The lowest BCUT2D eigenvalue weighted by Gasteiger charge is -2.35. The highest BCUT2D eigenvalue weighted by atomic mass is 19.1. The van der Waals surface area contributed by atoms with E-state index in [0.717, 1.165) is 0 Å². The predicted molar refractivity (Wildman–Crippen MR) is 43.1 cm³/mol. The number of halogens is 1. The molecule has 0 saturated heterocycles. The van der Waals surface area contributed by atoms with Gasteiger partial charge in [0.15, 0.2) is 0 Å². The molecule has 11 heavy (non-hydrogen) atoms. The fraction of sp³-hybridized carbons (Fsp3) is 0.875. The Labute approximate surface area is 67.2 Å². The largest absolute Gasteiger partial charge is 0.348 e. The summed E-state index contributed by atoms with van der Waals surface area (Å²) >= 11 is 0. The first-order valence-electron chi connectivity index (χ1n) is 3.64. The molecule has 0 spiro atoms. The van der Waals surface area contributed by atoms with Gasteiger partial charge in [0.05, 0.1) is 5.54 Å². The van der Waals surface area contributed by atoms with Gasteiger partial charge in [-0.05, 0) is 27.7 Å². The molecule has 0 saturated carbocycles. The minimum absolute atomic E-state index is 0.208. The first-order valence-corrected chi connectivity index (χ1v) is 3.64. The SMILES string of the molecule is CC(=O)NC(C)(C)C(C)(C)F. The van der Waals surface area contributed by atoms with Crippen LogP contribution in [0.5, 0.6) is 0 Å². The molecule has 0 aromatic heterocycles. The highest BCUT2D eigenvalue weighted by Gasteiger charge is 2.37. The number of hydrogen-bond donors (Lipinski definition) is 1. The van der Waals surface area contributed by atoms with Crippen LogP contribution in [-0.4, -0.2) is 17.1 Å². The summed E-state index contributed by atoms with van der Waals surface area (Å²) in [6.45, 7) is 7.60. The molecule has 0 radical (unpaired) electrons. The Kier molecular flexibility index (Phi) is 2.64. The third-order valence-electron chi connectivity index (χ3n) is 1.97. The van der Waals surface area contributed by atoms with E-state index < -0.39 is 11.2 Å². The smallest absolute Gasteiger partial charge is 0.217 e. The summed E-state index contributed by atoms with van der Waals surface area (Å²) in [7, 11) is 0. The van der Waals surface area contributed by atoms with Crippen LogP contribution in [0.15, 0.2) is 0 Å². The Morgan fingerprint density at radius 3 is 1.73 bits per heavy atom. The molecule has 0 rings (SSSR count). The third kappa shape index (κ3) is 2.87. The standard InChI is InChI=1S/C8H16FNO/c1-6(11)10-8(4,5)7(2,3)9/h1-5H3,(H,10,11). The number of nitrogens with one attached hydrogen (secondary N) is 1. The van der Waals surface area contributed by atoms with E-state index in [1.807, 2.05) is 0 Å². The zero-order valence-corrected chi connectivity index (χ0v) is 7.79. The first-order chi connectivity index (χ1) is 4.67. The summed E-state index contributed by atoms with van der Waals surface area (Å²) < 4.78 is 13.3.